The predicted molar refractivity (Wildman–Crippen MR) is 130 cm³/mol. The lowest BCUT2D eigenvalue weighted by molar-refractivity contribution is -0.00701. The number of esters is 1. The third-order valence-corrected chi connectivity index (χ3v) is 6.05. The molecule has 3 aliphatic rings. The zero-order chi connectivity index (χ0) is 25.6. The molecule has 9 nitrogen and oxygen atoms in total. The molecule has 5 rings (SSSR count). The summed E-state index contributed by atoms with van der Waals surface area (Å²) in [7, 11) is 0. The number of aliphatic hydroxyl groups is 2. The molecule has 0 radical (unpaired) electrons. The van der Waals surface area contributed by atoms with Gasteiger partial charge < -0.3 is 29.7 Å². The lowest BCUT2D eigenvalue weighted by Gasteiger charge is -2.28. The van der Waals surface area contributed by atoms with Crippen molar-refractivity contribution in [2.45, 2.75) is 71.2 Å². The van der Waals surface area contributed by atoms with Gasteiger partial charge in [-0.1, -0.05) is 31.1 Å². The number of fused-ring (bicyclic) bond motifs is 1. The Morgan fingerprint density at radius 3 is 2.43 bits per heavy atom. The molecule has 2 fully saturated rings. The van der Waals surface area contributed by atoms with E-state index in [1.54, 1.807) is 17.0 Å². The van der Waals surface area contributed by atoms with Crippen molar-refractivity contribution in [3.8, 4) is 0 Å². The Morgan fingerprint density at radius 1 is 1.17 bits per heavy atom. The Labute approximate surface area is 206 Å². The summed E-state index contributed by atoms with van der Waals surface area (Å²) in [5.74, 6) is -0.00918. The van der Waals surface area contributed by atoms with Gasteiger partial charge in [0.15, 0.2) is 5.76 Å². The molecule has 0 aliphatic carbocycles. The van der Waals surface area contributed by atoms with Gasteiger partial charge in [0.05, 0.1) is 12.2 Å². The highest BCUT2D eigenvalue weighted by atomic mass is 16.6. The van der Waals surface area contributed by atoms with E-state index >= 15 is 0 Å². The first-order chi connectivity index (χ1) is 16.7. The largest absolute Gasteiger partial charge is 0.456 e. The number of ether oxygens (including phenoxy) is 1. The molecule has 2 unspecified atom stereocenters. The van der Waals surface area contributed by atoms with Crippen LogP contribution in [0.3, 0.4) is 0 Å². The molecule has 192 valence electrons. The van der Waals surface area contributed by atoms with Crippen molar-refractivity contribution in [3.63, 3.8) is 0 Å². The number of likely N-dealkylation sites (tertiary alicyclic amines) is 1. The second-order valence-corrected chi connectivity index (χ2v) is 9.47. The molecule has 4 heterocycles. The summed E-state index contributed by atoms with van der Waals surface area (Å²) >= 11 is 0. The third kappa shape index (κ3) is 6.90. The Morgan fingerprint density at radius 2 is 1.89 bits per heavy atom. The minimum Gasteiger partial charge on any atom is -0.456 e. The SMILES string of the molecule is CC.CC1(C)Cc2noc(Cc3ccc(C(=O)N4CCC(O)C4)cc3)c2C(=O)O1.OC1CCNC1. The molecule has 2 aromatic rings. The van der Waals surface area contributed by atoms with E-state index in [0.717, 1.165) is 25.1 Å². The first-order valence-electron chi connectivity index (χ1n) is 12.4. The van der Waals surface area contributed by atoms with Gasteiger partial charge in [0.1, 0.15) is 16.9 Å². The Bertz CT molecular complexity index is 995. The smallest absolute Gasteiger partial charge is 0.344 e. The fraction of sp³-hybridized carbons (Fsp3) is 0.577. The van der Waals surface area contributed by atoms with Crippen LogP contribution in [0.15, 0.2) is 28.8 Å². The van der Waals surface area contributed by atoms with Crippen LogP contribution in [-0.4, -0.2) is 76.1 Å². The number of aromatic nitrogens is 1. The van der Waals surface area contributed by atoms with Gasteiger partial charge in [-0.15, -0.1) is 0 Å². The normalized spacial score (nSPS) is 22.3. The molecule has 3 N–H and O–H groups in total. The zero-order valence-corrected chi connectivity index (χ0v) is 21.0. The van der Waals surface area contributed by atoms with Crippen LogP contribution in [0.4, 0.5) is 0 Å². The van der Waals surface area contributed by atoms with E-state index in [-0.39, 0.29) is 12.0 Å². The molecule has 1 amide bonds. The van der Waals surface area contributed by atoms with Gasteiger partial charge in [-0.2, -0.15) is 0 Å². The maximum absolute atomic E-state index is 12.4. The number of cyclic esters (lactones) is 1. The summed E-state index contributed by atoms with van der Waals surface area (Å²) in [6.45, 7) is 10.4. The second-order valence-electron chi connectivity index (χ2n) is 9.47. The highest BCUT2D eigenvalue weighted by Crippen LogP contribution is 2.30. The minimum atomic E-state index is -0.580. The number of amides is 1. The number of aliphatic hydroxyl groups excluding tert-OH is 2. The predicted octanol–water partition coefficient (Wildman–Crippen LogP) is 2.33. The minimum absolute atomic E-state index is 0.0648. The van der Waals surface area contributed by atoms with Gasteiger partial charge in [-0.3, -0.25) is 4.79 Å². The average Bonchev–Trinajstić information content (AvgIpc) is 3.57. The fourth-order valence-electron chi connectivity index (χ4n) is 4.28. The van der Waals surface area contributed by atoms with Crippen LogP contribution in [0.25, 0.3) is 0 Å². The molecule has 35 heavy (non-hydrogen) atoms. The van der Waals surface area contributed by atoms with Crippen molar-refractivity contribution in [3.05, 3.63) is 52.4 Å². The van der Waals surface area contributed by atoms with Gasteiger partial charge in [0.25, 0.3) is 5.91 Å². The van der Waals surface area contributed by atoms with E-state index < -0.39 is 17.7 Å². The number of nitrogens with zero attached hydrogens (tertiary/aromatic N) is 2. The van der Waals surface area contributed by atoms with E-state index in [9.17, 15) is 14.7 Å². The number of β-amino-alcohol motifs (C(OH)–C–C–N with tert-alkyl or cyclic N) is 2. The van der Waals surface area contributed by atoms with Crippen LogP contribution < -0.4 is 5.32 Å². The van der Waals surface area contributed by atoms with Crippen molar-refractivity contribution in [2.24, 2.45) is 0 Å². The van der Waals surface area contributed by atoms with Crippen molar-refractivity contribution in [1.82, 2.24) is 15.4 Å². The number of nitrogens with one attached hydrogen (secondary N) is 1. The first kappa shape index (κ1) is 26.8. The molecule has 1 aromatic heterocycles. The van der Waals surface area contributed by atoms with Crippen LogP contribution in [0.2, 0.25) is 0 Å². The maximum Gasteiger partial charge on any atom is 0.344 e. The third-order valence-electron chi connectivity index (χ3n) is 6.05. The Kier molecular flexibility index (Phi) is 9.04. The molecular formula is C26H37N3O6. The van der Waals surface area contributed by atoms with E-state index in [1.807, 2.05) is 39.8 Å². The molecule has 2 atom stereocenters. The molecule has 2 saturated heterocycles. The van der Waals surface area contributed by atoms with Crippen LogP contribution in [0.5, 0.6) is 0 Å². The van der Waals surface area contributed by atoms with Crippen molar-refractivity contribution in [1.29, 1.82) is 0 Å². The number of carbonyl (C=O) groups excluding carboxylic acids is 2. The van der Waals surface area contributed by atoms with Crippen LogP contribution in [0.1, 0.15) is 78.3 Å². The average molecular weight is 488 g/mol. The van der Waals surface area contributed by atoms with Crippen molar-refractivity contribution in [2.75, 3.05) is 26.2 Å². The van der Waals surface area contributed by atoms with E-state index in [2.05, 4.69) is 10.5 Å². The summed E-state index contributed by atoms with van der Waals surface area (Å²) in [5, 5.41) is 25.3. The van der Waals surface area contributed by atoms with Gasteiger partial charge in [-0.05, 0) is 50.9 Å². The van der Waals surface area contributed by atoms with Crippen LogP contribution >= 0.6 is 0 Å². The highest BCUT2D eigenvalue weighted by molar-refractivity contribution is 5.94. The molecule has 0 bridgehead atoms. The number of rotatable bonds is 3. The highest BCUT2D eigenvalue weighted by Gasteiger charge is 2.37. The van der Waals surface area contributed by atoms with Crippen LogP contribution in [-0.2, 0) is 17.6 Å². The fourth-order valence-corrected chi connectivity index (χ4v) is 4.28. The van der Waals surface area contributed by atoms with Gasteiger partial charge in [-0.25, -0.2) is 4.79 Å². The standard InChI is InChI=1S/C20H22N2O5.C4H9NO.C2H6/c1-20(2)10-15-17(19(25)26-20)16(27-21-15)9-12-3-5-13(6-4-12)18(24)22-8-7-14(23)11-22;6-4-1-2-5-3-4;1-2/h3-6,14,23H,7-11H2,1-2H3;4-6H,1-3H2;1-2H3. The topological polar surface area (TPSA) is 125 Å². The lowest BCUT2D eigenvalue weighted by atomic mass is 9.94. The van der Waals surface area contributed by atoms with E-state index in [0.29, 0.717) is 54.9 Å². The summed E-state index contributed by atoms with van der Waals surface area (Å²) in [4.78, 5) is 26.4. The number of hydrogen-bond acceptors (Lipinski definition) is 8. The monoisotopic (exact) mass is 487 g/mol. The quantitative estimate of drug-likeness (QED) is 0.564. The Balaban J connectivity index is 0.000000369. The summed E-state index contributed by atoms with van der Waals surface area (Å²) in [6, 6.07) is 7.19. The number of carbonyl (C=O) groups is 2. The molecule has 3 aliphatic heterocycles. The molecule has 9 heteroatoms. The van der Waals surface area contributed by atoms with Crippen molar-refractivity contribution < 1.29 is 29.1 Å². The molecular weight excluding hydrogens is 450 g/mol. The summed E-state index contributed by atoms with van der Waals surface area (Å²) in [5.41, 5.74) is 1.95. The Hall–Kier alpha value is -2.75. The molecule has 0 saturated carbocycles. The maximum atomic E-state index is 12.4. The zero-order valence-electron chi connectivity index (χ0n) is 21.0. The first-order valence-corrected chi connectivity index (χ1v) is 12.4. The second kappa shape index (κ2) is 11.8. The van der Waals surface area contributed by atoms with E-state index in [4.69, 9.17) is 14.4 Å². The van der Waals surface area contributed by atoms with E-state index in [1.165, 1.54) is 0 Å². The van der Waals surface area contributed by atoms with Crippen molar-refractivity contribution >= 4 is 11.9 Å². The van der Waals surface area contributed by atoms with Crippen LogP contribution in [0, 0.1) is 0 Å². The van der Waals surface area contributed by atoms with Gasteiger partial charge >= 0.3 is 5.97 Å². The number of hydrogen-bond donors (Lipinski definition) is 3. The summed E-state index contributed by atoms with van der Waals surface area (Å²) < 4.78 is 10.8. The molecule has 1 aromatic carbocycles. The lowest BCUT2D eigenvalue weighted by Crippen LogP contribution is -2.36. The molecule has 0 spiro atoms. The van der Waals surface area contributed by atoms with Gasteiger partial charge in [0.2, 0.25) is 0 Å². The van der Waals surface area contributed by atoms with Gasteiger partial charge in [0, 0.05) is 38.0 Å². The number of benzene rings is 1. The summed E-state index contributed by atoms with van der Waals surface area (Å²) in [6.07, 6.45) is 1.97.